The maximum Gasteiger partial charge on any atom is 0.135 e. The fourth-order valence-corrected chi connectivity index (χ4v) is 8.49. The van der Waals surface area contributed by atoms with Gasteiger partial charge in [0.1, 0.15) is 22.7 Å². The number of aliphatic imine (C=N–C) groups is 1. The first-order chi connectivity index (χ1) is 29.2. The zero-order valence-corrected chi connectivity index (χ0v) is 34.0. The number of nitrogens with one attached hydrogen (secondary N) is 1. The smallest absolute Gasteiger partial charge is 0.135 e. The summed E-state index contributed by atoms with van der Waals surface area (Å²) in [6, 6.07) is 38.2. The standard InChI is InChI=1S/C56H44N2O2/c1-6-7-17-43-36(2)59-53-23-14-16-39(40-29-31-55-48(33-40)47-20-11-13-22-54(47)60-55)32-42(15-8-9-19-46(43)53)51(57)35-52(58-5)38-26-24-37(25-27-38)41-28-30-45-44-18-10-12-21-49(44)56(3,4)50(45)34-41/h6-35,57H,1,5H2,2-4H3/b9-8?,15-8+,16-14?,17-7-,19-9+,23-14-,39-16+,39-32?,42-15?,42-32+,46-19?,52-35-,53-23?,57-51?. The quantitative estimate of drug-likeness (QED) is 0.123. The molecule has 7 aromatic rings. The molecule has 2 aliphatic rings. The third-order valence-corrected chi connectivity index (χ3v) is 11.7. The third kappa shape index (κ3) is 6.92. The predicted molar refractivity (Wildman–Crippen MR) is 254 cm³/mol. The Labute approximate surface area is 351 Å². The average Bonchev–Trinajstić information content (AvgIpc) is 3.87. The van der Waals surface area contributed by atoms with Crippen LogP contribution in [0.3, 0.4) is 0 Å². The summed E-state index contributed by atoms with van der Waals surface area (Å²) in [6.07, 6.45) is 23.5. The molecule has 0 fully saturated rings. The largest absolute Gasteiger partial charge is 0.461 e. The molecule has 9 rings (SSSR count). The molecule has 60 heavy (non-hydrogen) atoms. The second kappa shape index (κ2) is 15.7. The SMILES string of the molecule is C=C/C=C\c1c(C)oc2c1/C=C/C=C/C(C(=N)/C=C(\N=C)c1ccc(-c3ccc4c(c3)C(C)(C)c3ccccc3-4)cc1)=C\C(c1ccc3oc4ccccc4c3c1)=C/C=C\2. The van der Waals surface area contributed by atoms with Crippen LogP contribution in [0, 0.1) is 12.3 Å². The molecule has 1 N–H and O–H groups in total. The second-order valence-electron chi connectivity index (χ2n) is 15.7. The predicted octanol–water partition coefficient (Wildman–Crippen LogP) is 15.0. The molecule has 4 nitrogen and oxygen atoms in total. The Bertz CT molecular complexity index is 3110. The molecule has 0 bridgehead atoms. The first-order valence-corrected chi connectivity index (χ1v) is 20.1. The lowest BCUT2D eigenvalue weighted by molar-refractivity contribution is 0.524. The van der Waals surface area contributed by atoms with Crippen LogP contribution < -0.4 is 0 Å². The number of aryl methyl sites for hydroxylation is 1. The van der Waals surface area contributed by atoms with Gasteiger partial charge in [0.15, 0.2) is 0 Å². The van der Waals surface area contributed by atoms with Crippen LogP contribution in [-0.2, 0) is 5.41 Å². The summed E-state index contributed by atoms with van der Waals surface area (Å²) in [7, 11) is 0. The Morgan fingerprint density at radius 2 is 1.45 bits per heavy atom. The number of benzene rings is 5. The van der Waals surface area contributed by atoms with Gasteiger partial charge in [0.05, 0.1) is 11.4 Å². The summed E-state index contributed by atoms with van der Waals surface area (Å²) < 4.78 is 12.4. The van der Waals surface area contributed by atoms with E-state index in [9.17, 15) is 5.41 Å². The van der Waals surface area contributed by atoms with E-state index in [0.717, 1.165) is 66.8 Å². The van der Waals surface area contributed by atoms with Crippen molar-refractivity contribution in [2.75, 3.05) is 0 Å². The highest BCUT2D eigenvalue weighted by atomic mass is 16.3. The Morgan fingerprint density at radius 1 is 0.717 bits per heavy atom. The van der Waals surface area contributed by atoms with Gasteiger partial charge in [-0.3, -0.25) is 4.99 Å². The minimum Gasteiger partial charge on any atom is -0.461 e. The molecule has 5 aromatic carbocycles. The summed E-state index contributed by atoms with van der Waals surface area (Å²) in [5.41, 5.74) is 15.5. The van der Waals surface area contributed by atoms with Crippen LogP contribution in [0.4, 0.5) is 0 Å². The number of hydrogen-bond donors (Lipinski definition) is 1. The molecule has 0 spiro atoms. The van der Waals surface area contributed by atoms with Gasteiger partial charge >= 0.3 is 0 Å². The molecule has 0 radical (unpaired) electrons. The van der Waals surface area contributed by atoms with Crippen LogP contribution in [0.5, 0.6) is 0 Å². The fraction of sp³-hybridized carbons (Fsp3) is 0.0714. The lowest BCUT2D eigenvalue weighted by Crippen LogP contribution is -2.14. The highest BCUT2D eigenvalue weighted by molar-refractivity contribution is 6.13. The van der Waals surface area contributed by atoms with Crippen molar-refractivity contribution in [2.45, 2.75) is 26.2 Å². The maximum absolute atomic E-state index is 9.49. The van der Waals surface area contributed by atoms with E-state index in [1.54, 1.807) is 12.2 Å². The molecule has 4 heteroatoms. The van der Waals surface area contributed by atoms with E-state index in [2.05, 4.69) is 123 Å². The molecule has 0 saturated carbocycles. The minimum atomic E-state index is -0.0734. The molecule has 0 unspecified atom stereocenters. The van der Waals surface area contributed by atoms with Crippen molar-refractivity contribution in [3.8, 4) is 22.3 Å². The molecule has 0 saturated heterocycles. The number of nitrogens with zero attached hydrogens (tertiary/aromatic N) is 1. The molecule has 2 aromatic heterocycles. The van der Waals surface area contributed by atoms with Gasteiger partial charge in [-0.05, 0) is 101 Å². The van der Waals surface area contributed by atoms with E-state index in [0.29, 0.717) is 17.0 Å². The van der Waals surface area contributed by atoms with E-state index in [1.165, 1.54) is 27.8 Å². The number of hydrogen-bond acceptors (Lipinski definition) is 4. The van der Waals surface area contributed by atoms with E-state index in [4.69, 9.17) is 8.83 Å². The summed E-state index contributed by atoms with van der Waals surface area (Å²) >= 11 is 0. The lowest BCUT2D eigenvalue weighted by atomic mass is 9.81. The van der Waals surface area contributed by atoms with Crippen LogP contribution in [0.15, 0.2) is 190 Å². The van der Waals surface area contributed by atoms with E-state index >= 15 is 0 Å². The van der Waals surface area contributed by atoms with Crippen molar-refractivity contribution in [1.82, 2.24) is 0 Å². The number of para-hydroxylation sites is 1. The highest BCUT2D eigenvalue weighted by Crippen LogP contribution is 2.49. The zero-order chi connectivity index (χ0) is 41.4. The number of furan rings is 2. The Kier molecular flexibility index (Phi) is 9.91. The van der Waals surface area contributed by atoms with Crippen LogP contribution >= 0.6 is 0 Å². The van der Waals surface area contributed by atoms with E-state index in [-0.39, 0.29) is 5.41 Å². The van der Waals surface area contributed by atoms with Crippen LogP contribution in [-0.4, -0.2) is 12.4 Å². The van der Waals surface area contributed by atoms with Crippen molar-refractivity contribution < 1.29 is 8.83 Å². The molecule has 0 aliphatic heterocycles. The van der Waals surface area contributed by atoms with Gasteiger partial charge in [-0.2, -0.15) is 0 Å². The van der Waals surface area contributed by atoms with Gasteiger partial charge in [-0.25, -0.2) is 0 Å². The summed E-state index contributed by atoms with van der Waals surface area (Å²) in [5, 5.41) is 11.6. The summed E-state index contributed by atoms with van der Waals surface area (Å²) in [5.74, 6) is 1.57. The van der Waals surface area contributed by atoms with Crippen molar-refractivity contribution in [2.24, 2.45) is 4.99 Å². The van der Waals surface area contributed by atoms with Gasteiger partial charge in [0.25, 0.3) is 0 Å². The highest BCUT2D eigenvalue weighted by Gasteiger charge is 2.35. The molecule has 290 valence electrons. The van der Waals surface area contributed by atoms with Gasteiger partial charge in [-0.15, -0.1) is 0 Å². The minimum absolute atomic E-state index is 0.0734. The van der Waals surface area contributed by atoms with Gasteiger partial charge in [-0.1, -0.05) is 160 Å². The van der Waals surface area contributed by atoms with Crippen molar-refractivity contribution in [3.63, 3.8) is 0 Å². The Hall–Kier alpha value is -7.56. The van der Waals surface area contributed by atoms with Crippen molar-refractivity contribution in [1.29, 1.82) is 5.41 Å². The molecule has 2 aliphatic carbocycles. The molecular formula is C56H44N2O2. The Morgan fingerprint density at radius 3 is 2.28 bits per heavy atom. The normalized spacial score (nSPS) is 17.9. The molecular weight excluding hydrogens is 733 g/mol. The van der Waals surface area contributed by atoms with Gasteiger partial charge in [0, 0.05) is 38.5 Å². The summed E-state index contributed by atoms with van der Waals surface area (Å²) in [4.78, 5) is 4.43. The zero-order valence-electron chi connectivity index (χ0n) is 34.0. The first kappa shape index (κ1) is 38.0. The van der Waals surface area contributed by atoms with E-state index < -0.39 is 0 Å². The third-order valence-electron chi connectivity index (χ3n) is 11.7. The lowest BCUT2D eigenvalue weighted by Gasteiger charge is -2.22. The topological polar surface area (TPSA) is 62.5 Å². The molecule has 0 amide bonds. The summed E-state index contributed by atoms with van der Waals surface area (Å²) in [6.45, 7) is 14.4. The van der Waals surface area contributed by atoms with Crippen LogP contribution in [0.1, 0.15) is 58.7 Å². The first-order valence-electron chi connectivity index (χ1n) is 20.1. The molecule has 0 atom stereocenters. The number of allylic oxidation sites excluding steroid dienone is 11. The fourth-order valence-electron chi connectivity index (χ4n) is 8.49. The number of rotatable bonds is 8. The molecule has 2 heterocycles. The van der Waals surface area contributed by atoms with E-state index in [1.807, 2.05) is 85.9 Å². The maximum atomic E-state index is 9.49. The average molecular weight is 777 g/mol. The van der Waals surface area contributed by atoms with Crippen LogP contribution in [0.2, 0.25) is 0 Å². The van der Waals surface area contributed by atoms with Crippen molar-refractivity contribution >= 4 is 63.9 Å². The Balaban J connectivity index is 1.08. The van der Waals surface area contributed by atoms with Crippen LogP contribution in [0.25, 0.3) is 73.7 Å². The van der Waals surface area contributed by atoms with Gasteiger partial charge < -0.3 is 14.2 Å². The van der Waals surface area contributed by atoms with Crippen molar-refractivity contribution in [3.05, 3.63) is 221 Å². The van der Waals surface area contributed by atoms with Gasteiger partial charge in [0.2, 0.25) is 0 Å². The number of fused-ring (bicyclic) bond motifs is 7. The monoisotopic (exact) mass is 776 g/mol. The second-order valence-corrected chi connectivity index (χ2v) is 15.7.